The number of rotatable bonds is 9. The number of fused-ring (bicyclic) bond motifs is 4. The van der Waals surface area contributed by atoms with Gasteiger partial charge in [-0.1, -0.05) is 13.3 Å². The number of hydrogen-bond donors (Lipinski definition) is 2. The molecule has 0 saturated carbocycles. The molecule has 2 fully saturated rings. The van der Waals surface area contributed by atoms with Crippen molar-refractivity contribution in [2.45, 2.75) is 69.3 Å². The zero-order valence-corrected chi connectivity index (χ0v) is 23.1. The van der Waals surface area contributed by atoms with Crippen molar-refractivity contribution in [3.63, 3.8) is 0 Å². The van der Waals surface area contributed by atoms with Crippen LogP contribution in [0.2, 0.25) is 0 Å². The first-order chi connectivity index (χ1) is 18.1. The first kappa shape index (κ1) is 28.1. The van der Waals surface area contributed by atoms with Crippen LogP contribution in [0.1, 0.15) is 56.7 Å². The van der Waals surface area contributed by atoms with Gasteiger partial charge in [0.2, 0.25) is 5.91 Å². The molecule has 3 unspecified atom stereocenters. The van der Waals surface area contributed by atoms with Gasteiger partial charge < -0.3 is 24.6 Å². The maximum absolute atomic E-state index is 11.8. The second-order valence-electron chi connectivity index (χ2n) is 10.1. The molecule has 5 rings (SSSR count). The zero-order valence-electron chi connectivity index (χ0n) is 22.3. The SMILES string of the molecule is CC(=O)N1c2nc(C(=O)O)ccc2N2CCC1C2.CCCc1cc(OCC2SC2COC(C)(C)O)ccn1. The summed E-state index contributed by atoms with van der Waals surface area (Å²) in [4.78, 5) is 34.9. The Morgan fingerprint density at radius 2 is 1.97 bits per heavy atom. The highest BCUT2D eigenvalue weighted by Crippen LogP contribution is 2.42. The number of thioether (sulfide) groups is 1. The van der Waals surface area contributed by atoms with Gasteiger partial charge in [-0.2, -0.15) is 0 Å². The fourth-order valence-electron chi connectivity index (χ4n) is 4.61. The molecule has 2 saturated heterocycles. The number of aromatic carboxylic acids is 1. The third-order valence-electron chi connectivity index (χ3n) is 6.51. The van der Waals surface area contributed by atoms with Crippen molar-refractivity contribution in [3.05, 3.63) is 41.9 Å². The van der Waals surface area contributed by atoms with Gasteiger partial charge in [0.15, 0.2) is 17.3 Å². The highest BCUT2D eigenvalue weighted by atomic mass is 32.2. The number of anilines is 2. The second-order valence-corrected chi connectivity index (χ2v) is 11.6. The Labute approximate surface area is 227 Å². The molecule has 38 heavy (non-hydrogen) atoms. The molecule has 2 bridgehead atoms. The highest BCUT2D eigenvalue weighted by molar-refractivity contribution is 8.07. The van der Waals surface area contributed by atoms with Crippen molar-refractivity contribution in [1.82, 2.24) is 9.97 Å². The molecule has 2 aromatic rings. The van der Waals surface area contributed by atoms with Gasteiger partial charge in [0.1, 0.15) is 12.4 Å². The number of carboxylic acid groups (broad SMARTS) is 1. The number of aromatic nitrogens is 2. The van der Waals surface area contributed by atoms with Crippen LogP contribution >= 0.6 is 11.8 Å². The number of aliphatic hydroxyl groups is 1. The summed E-state index contributed by atoms with van der Waals surface area (Å²) in [6, 6.07) is 7.25. The average molecular weight is 545 g/mol. The lowest BCUT2D eigenvalue weighted by molar-refractivity contribution is -0.174. The summed E-state index contributed by atoms with van der Waals surface area (Å²) in [6.45, 7) is 9.88. The third-order valence-corrected chi connectivity index (χ3v) is 7.82. The Morgan fingerprint density at radius 1 is 1.21 bits per heavy atom. The van der Waals surface area contributed by atoms with Crippen molar-refractivity contribution in [2.24, 2.45) is 0 Å². The molecule has 2 aromatic heterocycles. The smallest absolute Gasteiger partial charge is 0.354 e. The van der Waals surface area contributed by atoms with Crippen molar-refractivity contribution in [3.8, 4) is 5.75 Å². The molecule has 11 heteroatoms. The summed E-state index contributed by atoms with van der Waals surface area (Å²) in [7, 11) is 0. The molecule has 206 valence electrons. The van der Waals surface area contributed by atoms with Crippen LogP contribution in [0.15, 0.2) is 30.5 Å². The number of carboxylic acids is 1. The second kappa shape index (κ2) is 11.9. The molecule has 3 aliphatic rings. The van der Waals surface area contributed by atoms with Crippen molar-refractivity contribution in [2.75, 3.05) is 36.1 Å². The van der Waals surface area contributed by atoms with Crippen LogP contribution in [0.3, 0.4) is 0 Å². The maximum Gasteiger partial charge on any atom is 0.354 e. The number of ether oxygens (including phenoxy) is 2. The molecular formula is C27H36N4O6S. The first-order valence-electron chi connectivity index (χ1n) is 12.9. The quantitative estimate of drug-likeness (QED) is 0.358. The van der Waals surface area contributed by atoms with E-state index in [4.69, 9.17) is 14.6 Å². The van der Waals surface area contributed by atoms with E-state index in [0.29, 0.717) is 29.5 Å². The fraction of sp³-hybridized carbons (Fsp3) is 0.556. The molecule has 0 aliphatic carbocycles. The summed E-state index contributed by atoms with van der Waals surface area (Å²) >= 11 is 1.83. The number of carbonyl (C=O) groups excluding carboxylic acids is 1. The molecule has 0 spiro atoms. The summed E-state index contributed by atoms with van der Waals surface area (Å²) in [6.07, 6.45) is 4.77. The molecule has 0 radical (unpaired) electrons. The van der Waals surface area contributed by atoms with E-state index in [1.807, 2.05) is 23.9 Å². The van der Waals surface area contributed by atoms with Crippen LogP contribution < -0.4 is 14.5 Å². The van der Waals surface area contributed by atoms with Crippen LogP contribution in [0.4, 0.5) is 11.5 Å². The highest BCUT2D eigenvalue weighted by Gasteiger charge is 2.40. The predicted octanol–water partition coefficient (Wildman–Crippen LogP) is 3.37. The van der Waals surface area contributed by atoms with E-state index in [0.717, 1.165) is 49.5 Å². The minimum Gasteiger partial charge on any atom is -0.492 e. The van der Waals surface area contributed by atoms with E-state index in [1.165, 1.54) is 13.0 Å². The molecule has 5 heterocycles. The molecule has 3 aliphatic heterocycles. The van der Waals surface area contributed by atoms with Gasteiger partial charge in [-0.25, -0.2) is 9.78 Å². The lowest BCUT2D eigenvalue weighted by atomic mass is 10.1. The van der Waals surface area contributed by atoms with Gasteiger partial charge in [0, 0.05) is 43.2 Å². The Balaban J connectivity index is 0.000000178. The zero-order chi connectivity index (χ0) is 27.4. The van der Waals surface area contributed by atoms with Crippen LogP contribution in [0.25, 0.3) is 0 Å². The lowest BCUT2D eigenvalue weighted by Crippen LogP contribution is -2.45. The van der Waals surface area contributed by atoms with Gasteiger partial charge in [-0.15, -0.1) is 11.8 Å². The van der Waals surface area contributed by atoms with E-state index < -0.39 is 11.8 Å². The van der Waals surface area contributed by atoms with Crippen LogP contribution in [0, 0.1) is 0 Å². The number of nitrogens with zero attached hydrogens (tertiary/aromatic N) is 4. The van der Waals surface area contributed by atoms with E-state index in [1.54, 1.807) is 31.0 Å². The monoisotopic (exact) mass is 544 g/mol. The molecule has 0 aromatic carbocycles. The van der Waals surface area contributed by atoms with Gasteiger partial charge in [-0.3, -0.25) is 14.7 Å². The Bertz CT molecular complexity index is 1160. The van der Waals surface area contributed by atoms with Gasteiger partial charge >= 0.3 is 5.97 Å². The van der Waals surface area contributed by atoms with Crippen LogP contribution in [0.5, 0.6) is 5.75 Å². The molecule has 2 N–H and O–H groups in total. The third kappa shape index (κ3) is 7.15. The molecule has 3 atom stereocenters. The van der Waals surface area contributed by atoms with Crippen molar-refractivity contribution < 1.29 is 29.3 Å². The van der Waals surface area contributed by atoms with E-state index in [9.17, 15) is 14.7 Å². The summed E-state index contributed by atoms with van der Waals surface area (Å²) in [5.74, 6) is -0.837. The Hall–Kier alpha value is -2.89. The number of amides is 1. The van der Waals surface area contributed by atoms with E-state index in [2.05, 4.69) is 21.8 Å². The van der Waals surface area contributed by atoms with Gasteiger partial charge in [0.25, 0.3) is 0 Å². The maximum atomic E-state index is 11.8. The minimum absolute atomic E-state index is 0.0255. The normalized spacial score (nSPS) is 21.3. The Morgan fingerprint density at radius 3 is 2.66 bits per heavy atom. The molecule has 1 amide bonds. The van der Waals surface area contributed by atoms with Crippen molar-refractivity contribution >= 4 is 35.1 Å². The largest absolute Gasteiger partial charge is 0.492 e. The number of aryl methyl sites for hydroxylation is 1. The summed E-state index contributed by atoms with van der Waals surface area (Å²) in [5, 5.41) is 19.4. The number of carbonyl (C=O) groups is 2. The molecular weight excluding hydrogens is 508 g/mol. The lowest BCUT2D eigenvalue weighted by Gasteiger charge is -2.35. The van der Waals surface area contributed by atoms with Crippen LogP contribution in [-0.2, 0) is 16.0 Å². The summed E-state index contributed by atoms with van der Waals surface area (Å²) in [5.41, 5.74) is 1.90. The minimum atomic E-state index is -1.07. The standard InChI is InChI=1S/C15H23NO3S.C12H13N3O3/c1-4-5-11-8-12(6-7-16-11)18-9-13-14(20-13)10-19-15(2,3)17;1-7(16)15-8-4-5-14(6-8)10-3-2-9(12(17)18)13-11(10)15/h6-8,13-14,17H,4-5,9-10H2,1-3H3;2-3,8H,4-6H2,1H3,(H,17,18). The number of pyridine rings is 2. The Kier molecular flexibility index (Phi) is 8.79. The summed E-state index contributed by atoms with van der Waals surface area (Å²) < 4.78 is 11.2. The van der Waals surface area contributed by atoms with Crippen molar-refractivity contribution in [1.29, 1.82) is 0 Å². The topological polar surface area (TPSA) is 125 Å². The van der Waals surface area contributed by atoms with Gasteiger partial charge in [0.05, 0.1) is 23.6 Å². The number of hydrogen-bond acceptors (Lipinski definition) is 9. The fourth-order valence-corrected chi connectivity index (χ4v) is 5.42. The molecule has 10 nitrogen and oxygen atoms in total. The first-order valence-corrected chi connectivity index (χ1v) is 13.9. The predicted molar refractivity (Wildman–Crippen MR) is 146 cm³/mol. The van der Waals surface area contributed by atoms with E-state index >= 15 is 0 Å². The van der Waals surface area contributed by atoms with E-state index in [-0.39, 0.29) is 17.6 Å². The average Bonchev–Trinajstić information content (AvgIpc) is 3.51. The van der Waals surface area contributed by atoms with Gasteiger partial charge in [-0.05, 0) is 44.9 Å². The van der Waals surface area contributed by atoms with Crippen LogP contribution in [-0.4, -0.2) is 80.7 Å².